The van der Waals surface area contributed by atoms with E-state index < -0.39 is 0 Å². The number of amides is 1. The second-order valence-electron chi connectivity index (χ2n) is 5.36. The van der Waals surface area contributed by atoms with Gasteiger partial charge in [0.2, 0.25) is 0 Å². The molecule has 1 amide bonds. The molecule has 0 radical (unpaired) electrons. The zero-order valence-corrected chi connectivity index (χ0v) is 12.9. The van der Waals surface area contributed by atoms with Crippen LogP contribution in [0.3, 0.4) is 0 Å². The van der Waals surface area contributed by atoms with Crippen LogP contribution in [0.2, 0.25) is 0 Å². The number of nitrogens with zero attached hydrogens (tertiary/aromatic N) is 3. The van der Waals surface area contributed by atoms with Crippen LogP contribution in [0.25, 0.3) is 5.52 Å². The molecule has 0 saturated heterocycles. The molecule has 1 atom stereocenters. The normalized spacial score (nSPS) is 12.4. The lowest BCUT2D eigenvalue weighted by Crippen LogP contribution is -2.41. The lowest BCUT2D eigenvalue weighted by atomic mass is 10.1. The van der Waals surface area contributed by atoms with Crippen LogP contribution in [0.1, 0.15) is 29.6 Å². The molecular formula is C17H19N3O3. The molecule has 23 heavy (non-hydrogen) atoms. The summed E-state index contributed by atoms with van der Waals surface area (Å²) in [6, 6.07) is 10.7. The number of carbonyl (C=O) groups is 1. The van der Waals surface area contributed by atoms with Gasteiger partial charge in [0.05, 0.1) is 31.0 Å². The second kappa shape index (κ2) is 6.66. The van der Waals surface area contributed by atoms with Gasteiger partial charge in [0, 0.05) is 6.20 Å². The molecule has 1 N–H and O–H groups in total. The first-order chi connectivity index (χ1) is 11.2. The van der Waals surface area contributed by atoms with Gasteiger partial charge in [-0.25, -0.2) is 4.52 Å². The molecule has 0 saturated carbocycles. The highest BCUT2D eigenvalue weighted by Crippen LogP contribution is 2.16. The second-order valence-corrected chi connectivity index (χ2v) is 5.36. The summed E-state index contributed by atoms with van der Waals surface area (Å²) in [5.74, 6) is 0.458. The van der Waals surface area contributed by atoms with Crippen LogP contribution in [-0.4, -0.2) is 38.2 Å². The maximum absolute atomic E-state index is 12.9. The number of aromatic nitrogens is 2. The number of furan rings is 1. The molecule has 6 nitrogen and oxygen atoms in total. The molecule has 3 aromatic rings. The van der Waals surface area contributed by atoms with Crippen molar-refractivity contribution in [1.29, 1.82) is 0 Å². The zero-order valence-electron chi connectivity index (χ0n) is 12.9. The third-order valence-electron chi connectivity index (χ3n) is 3.88. The molecule has 6 heteroatoms. The minimum atomic E-state index is -0.280. The summed E-state index contributed by atoms with van der Waals surface area (Å²) in [4.78, 5) is 14.5. The molecule has 0 aromatic carbocycles. The Balaban J connectivity index is 1.92. The average Bonchev–Trinajstić information content (AvgIpc) is 3.23. The first-order valence-corrected chi connectivity index (χ1v) is 7.61. The van der Waals surface area contributed by atoms with E-state index in [1.54, 1.807) is 34.0 Å². The van der Waals surface area contributed by atoms with Gasteiger partial charge in [-0.1, -0.05) is 13.0 Å². The van der Waals surface area contributed by atoms with Crippen LogP contribution in [0, 0.1) is 0 Å². The molecule has 3 heterocycles. The van der Waals surface area contributed by atoms with Gasteiger partial charge in [-0.3, -0.25) is 4.79 Å². The number of hydrogen-bond acceptors (Lipinski definition) is 4. The van der Waals surface area contributed by atoms with Crippen molar-refractivity contribution in [2.24, 2.45) is 0 Å². The fourth-order valence-electron chi connectivity index (χ4n) is 2.57. The Morgan fingerprint density at radius 3 is 2.91 bits per heavy atom. The van der Waals surface area contributed by atoms with Gasteiger partial charge in [-0.15, -0.1) is 0 Å². The largest absolute Gasteiger partial charge is 0.467 e. The molecule has 120 valence electrons. The van der Waals surface area contributed by atoms with Gasteiger partial charge in [0.1, 0.15) is 5.76 Å². The summed E-state index contributed by atoms with van der Waals surface area (Å²) in [6.45, 7) is 2.14. The molecule has 0 aliphatic heterocycles. The van der Waals surface area contributed by atoms with Crippen LogP contribution in [-0.2, 0) is 6.54 Å². The molecule has 0 fully saturated rings. The van der Waals surface area contributed by atoms with E-state index in [1.165, 1.54) is 0 Å². The summed E-state index contributed by atoms with van der Waals surface area (Å²) in [5, 5.41) is 13.9. The highest BCUT2D eigenvalue weighted by molar-refractivity contribution is 5.93. The van der Waals surface area contributed by atoms with Crippen molar-refractivity contribution < 1.29 is 14.3 Å². The summed E-state index contributed by atoms with van der Waals surface area (Å²) >= 11 is 0. The predicted octanol–water partition coefficient (Wildman–Crippen LogP) is 2.34. The lowest BCUT2D eigenvalue weighted by molar-refractivity contribution is 0.0538. The fourth-order valence-corrected chi connectivity index (χ4v) is 2.57. The molecule has 0 unspecified atom stereocenters. The molecule has 0 spiro atoms. The maximum Gasteiger partial charge on any atom is 0.275 e. The van der Waals surface area contributed by atoms with E-state index in [2.05, 4.69) is 5.10 Å². The van der Waals surface area contributed by atoms with E-state index in [4.69, 9.17) is 4.42 Å². The van der Waals surface area contributed by atoms with Crippen molar-refractivity contribution in [2.75, 3.05) is 6.61 Å². The SMILES string of the molecule is CC[C@H](CO)N(Cc1ccco1)C(=O)c1cc2ccccn2n1. The molecule has 0 bridgehead atoms. The summed E-state index contributed by atoms with van der Waals surface area (Å²) in [6.07, 6.45) is 4.02. The van der Waals surface area contributed by atoms with Gasteiger partial charge in [-0.2, -0.15) is 5.10 Å². The van der Waals surface area contributed by atoms with Crippen molar-refractivity contribution in [3.8, 4) is 0 Å². The van der Waals surface area contributed by atoms with Crippen LogP contribution in [0.4, 0.5) is 0 Å². The van der Waals surface area contributed by atoms with Crippen molar-refractivity contribution >= 4 is 11.4 Å². The number of rotatable bonds is 6. The lowest BCUT2D eigenvalue weighted by Gasteiger charge is -2.28. The standard InChI is InChI=1S/C17H19N3O3/c1-2-13(12-21)19(11-15-7-5-9-23-15)17(22)16-10-14-6-3-4-8-20(14)18-16/h3-10,13,21H,2,11-12H2,1H3/t13-/m1/s1. The fraction of sp³-hybridized carbons (Fsp3) is 0.294. The number of aliphatic hydroxyl groups is 1. The van der Waals surface area contributed by atoms with Gasteiger partial charge >= 0.3 is 0 Å². The Kier molecular flexibility index (Phi) is 4.43. The van der Waals surface area contributed by atoms with Crippen LogP contribution < -0.4 is 0 Å². The number of hydrogen-bond donors (Lipinski definition) is 1. The number of aliphatic hydroxyl groups excluding tert-OH is 1. The van der Waals surface area contributed by atoms with Gasteiger partial charge in [0.15, 0.2) is 5.69 Å². The molecular weight excluding hydrogens is 294 g/mol. The highest BCUT2D eigenvalue weighted by Gasteiger charge is 2.26. The third-order valence-corrected chi connectivity index (χ3v) is 3.88. The predicted molar refractivity (Wildman–Crippen MR) is 84.9 cm³/mol. The zero-order chi connectivity index (χ0) is 16.2. The topological polar surface area (TPSA) is 71.0 Å². The minimum absolute atomic E-state index is 0.101. The Morgan fingerprint density at radius 1 is 1.39 bits per heavy atom. The van der Waals surface area contributed by atoms with E-state index in [0.717, 1.165) is 5.52 Å². The smallest absolute Gasteiger partial charge is 0.275 e. The van der Waals surface area contributed by atoms with E-state index in [0.29, 0.717) is 24.4 Å². The first kappa shape index (κ1) is 15.3. The van der Waals surface area contributed by atoms with E-state index >= 15 is 0 Å². The Bertz CT molecular complexity index is 742. The Hall–Kier alpha value is -2.60. The van der Waals surface area contributed by atoms with Gasteiger partial charge in [-0.05, 0) is 36.8 Å². The average molecular weight is 313 g/mol. The van der Waals surface area contributed by atoms with Gasteiger partial charge < -0.3 is 14.4 Å². The number of pyridine rings is 1. The minimum Gasteiger partial charge on any atom is -0.467 e. The van der Waals surface area contributed by atoms with E-state index in [1.807, 2.05) is 31.2 Å². The quantitative estimate of drug-likeness (QED) is 0.758. The number of fused-ring (bicyclic) bond motifs is 1. The van der Waals surface area contributed by atoms with Crippen molar-refractivity contribution in [3.05, 3.63) is 60.3 Å². The first-order valence-electron chi connectivity index (χ1n) is 7.61. The van der Waals surface area contributed by atoms with Crippen LogP contribution >= 0.6 is 0 Å². The summed E-state index contributed by atoms with van der Waals surface area (Å²) in [5.41, 5.74) is 1.21. The van der Waals surface area contributed by atoms with E-state index in [-0.39, 0.29) is 18.6 Å². The molecule has 3 aromatic heterocycles. The highest BCUT2D eigenvalue weighted by atomic mass is 16.3. The molecule has 0 aliphatic carbocycles. The summed E-state index contributed by atoms with van der Waals surface area (Å²) in [7, 11) is 0. The van der Waals surface area contributed by atoms with Crippen molar-refractivity contribution in [2.45, 2.75) is 25.9 Å². The van der Waals surface area contributed by atoms with Crippen molar-refractivity contribution in [1.82, 2.24) is 14.5 Å². The maximum atomic E-state index is 12.9. The van der Waals surface area contributed by atoms with Crippen LogP contribution in [0.15, 0.2) is 53.3 Å². The monoisotopic (exact) mass is 313 g/mol. The molecule has 3 rings (SSSR count). The third kappa shape index (κ3) is 3.12. The summed E-state index contributed by atoms with van der Waals surface area (Å²) < 4.78 is 7.01. The number of carbonyl (C=O) groups excluding carboxylic acids is 1. The Labute approximate surface area is 133 Å². The van der Waals surface area contributed by atoms with Crippen LogP contribution in [0.5, 0.6) is 0 Å². The van der Waals surface area contributed by atoms with E-state index in [9.17, 15) is 9.90 Å². The van der Waals surface area contributed by atoms with Crippen molar-refractivity contribution in [3.63, 3.8) is 0 Å². The molecule has 0 aliphatic rings. The Morgan fingerprint density at radius 2 is 2.26 bits per heavy atom. The van der Waals surface area contributed by atoms with Gasteiger partial charge in [0.25, 0.3) is 5.91 Å².